The first kappa shape index (κ1) is 17.5. The molecule has 1 amide bonds. The summed E-state index contributed by atoms with van der Waals surface area (Å²) in [5.74, 6) is 0.394. The second-order valence-electron chi connectivity index (χ2n) is 6.02. The van der Waals surface area contributed by atoms with Crippen molar-refractivity contribution in [3.05, 3.63) is 71.4 Å². The molecule has 3 rings (SSSR count). The number of fused-ring (bicyclic) bond motifs is 1. The third-order valence-corrected chi connectivity index (χ3v) is 4.30. The van der Waals surface area contributed by atoms with Gasteiger partial charge < -0.3 is 15.3 Å². The van der Waals surface area contributed by atoms with Gasteiger partial charge in [0.05, 0.1) is 18.0 Å². The Morgan fingerprint density at radius 2 is 1.81 bits per heavy atom. The van der Waals surface area contributed by atoms with Gasteiger partial charge >= 0.3 is 5.97 Å². The third kappa shape index (κ3) is 3.66. The molecule has 0 saturated carbocycles. The minimum Gasteiger partial charge on any atom is -0.481 e. The highest BCUT2D eigenvalue weighted by Gasteiger charge is 2.33. The average Bonchev–Trinajstić information content (AvgIpc) is 2.75. The van der Waals surface area contributed by atoms with Crippen LogP contribution in [-0.2, 0) is 16.0 Å². The summed E-state index contributed by atoms with van der Waals surface area (Å²) in [5.41, 5.74) is 1.95. The number of hydrogen-bond donors (Lipinski definition) is 2. The van der Waals surface area contributed by atoms with E-state index in [0.29, 0.717) is 17.7 Å². The van der Waals surface area contributed by atoms with Crippen molar-refractivity contribution in [3.63, 3.8) is 0 Å². The normalized spacial score (nSPS) is 16.3. The lowest BCUT2D eigenvalue weighted by Crippen LogP contribution is -2.38. The predicted molar refractivity (Wildman–Crippen MR) is 96.5 cm³/mol. The van der Waals surface area contributed by atoms with Crippen molar-refractivity contribution in [2.75, 3.05) is 11.9 Å². The number of hydrogen-bond acceptors (Lipinski definition) is 4. The van der Waals surface area contributed by atoms with Crippen LogP contribution >= 0.6 is 0 Å². The van der Waals surface area contributed by atoms with Crippen LogP contribution in [0.15, 0.2) is 60.3 Å². The number of benzene rings is 2. The molecular weight excluding hydrogens is 332 g/mol. The molecule has 6 heteroatoms. The number of anilines is 1. The monoisotopic (exact) mass is 350 g/mol. The van der Waals surface area contributed by atoms with Crippen molar-refractivity contribution in [2.45, 2.75) is 18.9 Å². The lowest BCUT2D eigenvalue weighted by molar-refractivity contribution is -0.137. The molecule has 0 saturated heterocycles. The molecule has 2 aromatic carbocycles. The summed E-state index contributed by atoms with van der Waals surface area (Å²) >= 11 is 0. The Labute approximate surface area is 150 Å². The lowest BCUT2D eigenvalue weighted by Gasteiger charge is -2.25. The number of carboxylic acid groups (broad SMARTS) is 1. The minimum atomic E-state index is -1.06. The van der Waals surface area contributed by atoms with Crippen LogP contribution in [0.2, 0.25) is 0 Å². The topological polar surface area (TPSA) is 86.7 Å². The van der Waals surface area contributed by atoms with Crippen molar-refractivity contribution in [1.29, 1.82) is 0 Å². The molecule has 0 radical (unpaired) electrons. The predicted octanol–water partition coefficient (Wildman–Crippen LogP) is 2.36. The maximum atomic E-state index is 13.0. The van der Waals surface area contributed by atoms with E-state index in [1.54, 1.807) is 30.2 Å². The van der Waals surface area contributed by atoms with Crippen molar-refractivity contribution >= 4 is 23.5 Å². The molecule has 0 aromatic heterocycles. The quantitative estimate of drug-likeness (QED) is 0.809. The zero-order valence-electron chi connectivity index (χ0n) is 14.0. The van der Waals surface area contributed by atoms with E-state index >= 15 is 0 Å². The van der Waals surface area contributed by atoms with Gasteiger partial charge in [0.15, 0.2) is 0 Å². The van der Waals surface area contributed by atoms with E-state index in [9.17, 15) is 19.5 Å². The number of nitrogens with one attached hydrogen (secondary N) is 1. The number of rotatable bonds is 5. The number of aliphatic carboxylic acids is 1. The summed E-state index contributed by atoms with van der Waals surface area (Å²) in [5, 5.41) is 12.2. The first-order valence-electron chi connectivity index (χ1n) is 8.28. The molecule has 1 aliphatic heterocycles. The zero-order valence-corrected chi connectivity index (χ0v) is 14.0. The number of carbonyl (C=O) groups excluding carboxylic acids is 2. The summed E-state index contributed by atoms with van der Waals surface area (Å²) in [6.45, 7) is 0.263. The van der Waals surface area contributed by atoms with Crippen molar-refractivity contribution < 1.29 is 19.5 Å². The number of nitrogens with zero attached hydrogens (tertiary/aromatic N) is 1. The van der Waals surface area contributed by atoms with E-state index in [0.717, 1.165) is 5.56 Å². The molecule has 1 heterocycles. The summed E-state index contributed by atoms with van der Waals surface area (Å²) < 4.78 is 0. The van der Waals surface area contributed by atoms with Gasteiger partial charge in [-0.1, -0.05) is 42.5 Å². The Hall–Kier alpha value is -3.37. The van der Waals surface area contributed by atoms with Crippen LogP contribution in [0.5, 0.6) is 0 Å². The Morgan fingerprint density at radius 1 is 1.12 bits per heavy atom. The Bertz CT molecular complexity index is 872. The molecule has 0 bridgehead atoms. The van der Waals surface area contributed by atoms with Crippen molar-refractivity contribution in [2.24, 2.45) is 0 Å². The second-order valence-corrected chi connectivity index (χ2v) is 6.02. The van der Waals surface area contributed by atoms with E-state index in [1.807, 2.05) is 30.3 Å². The first-order chi connectivity index (χ1) is 12.6. The molecule has 0 spiro atoms. The van der Waals surface area contributed by atoms with Gasteiger partial charge in [-0.25, -0.2) is 4.79 Å². The molecule has 0 aliphatic carbocycles. The van der Waals surface area contributed by atoms with Crippen molar-refractivity contribution in [1.82, 2.24) is 4.90 Å². The Balaban J connectivity index is 1.96. The van der Waals surface area contributed by atoms with Crippen LogP contribution in [-0.4, -0.2) is 40.4 Å². The number of carbonyl (C=O) groups is 2. The van der Waals surface area contributed by atoms with E-state index in [-0.39, 0.29) is 24.6 Å². The Kier molecular flexibility index (Phi) is 5.15. The minimum absolute atomic E-state index is 0.0181. The molecule has 6 nitrogen and oxygen atoms in total. The first-order valence-corrected chi connectivity index (χ1v) is 8.28. The van der Waals surface area contributed by atoms with Crippen LogP contribution in [0, 0.1) is 0 Å². The fourth-order valence-electron chi connectivity index (χ4n) is 3.05. The molecule has 2 N–H and O–H groups in total. The highest BCUT2D eigenvalue weighted by Crippen LogP contribution is 2.28. The molecule has 1 aliphatic rings. The van der Waals surface area contributed by atoms with Gasteiger partial charge in [0.25, 0.3) is 5.91 Å². The molecule has 26 heavy (non-hydrogen) atoms. The van der Waals surface area contributed by atoms with Gasteiger partial charge in [0.2, 0.25) is 0 Å². The van der Waals surface area contributed by atoms with Gasteiger partial charge in [0.1, 0.15) is 11.6 Å². The van der Waals surface area contributed by atoms with Gasteiger partial charge in [0, 0.05) is 12.2 Å². The average molecular weight is 350 g/mol. The number of amides is 1. The zero-order chi connectivity index (χ0) is 18.5. The van der Waals surface area contributed by atoms with Gasteiger partial charge in [-0.2, -0.15) is 0 Å². The summed E-state index contributed by atoms with van der Waals surface area (Å²) in [4.78, 5) is 37.2. The second kappa shape index (κ2) is 7.68. The van der Waals surface area contributed by atoms with Crippen LogP contribution in [0.3, 0.4) is 0 Å². The van der Waals surface area contributed by atoms with E-state index < -0.39 is 12.0 Å². The maximum absolute atomic E-state index is 13.0. The van der Waals surface area contributed by atoms with Crippen LogP contribution in [0.4, 0.5) is 5.69 Å². The molecule has 1 unspecified atom stereocenters. The smallest absolute Gasteiger partial charge is 0.305 e. The van der Waals surface area contributed by atoms with Crippen molar-refractivity contribution in [3.8, 4) is 0 Å². The van der Waals surface area contributed by atoms with Crippen LogP contribution in [0.1, 0.15) is 22.3 Å². The summed E-state index contributed by atoms with van der Waals surface area (Å²) in [6.07, 6.45) is 0.216. The highest BCUT2D eigenvalue weighted by atomic mass is 16.4. The molecular formula is C20H18N2O4. The van der Waals surface area contributed by atoms with E-state index in [2.05, 4.69) is 5.32 Å². The standard InChI is InChI=1S/C20H18N2O4/c23-13-18-17(12-19(24)25)21-16-9-5-4-8-15(16)20(26)22(18)11-10-14-6-2-1-3-7-14/h1-9,17,21H,10-12H2,(H,24,25). The molecule has 132 valence electrons. The fraction of sp³-hybridized carbons (Fsp3) is 0.200. The third-order valence-electron chi connectivity index (χ3n) is 4.30. The molecule has 0 fully saturated rings. The van der Waals surface area contributed by atoms with Gasteiger partial charge in [-0.3, -0.25) is 9.59 Å². The SMILES string of the molecule is O=C=C1C(CC(=O)O)Nc2ccccc2C(=O)N1CCc1ccccc1. The van der Waals surface area contributed by atoms with Crippen LogP contribution < -0.4 is 5.32 Å². The summed E-state index contributed by atoms with van der Waals surface area (Å²) in [7, 11) is 0. The van der Waals surface area contributed by atoms with E-state index in [4.69, 9.17) is 0 Å². The van der Waals surface area contributed by atoms with E-state index in [1.165, 1.54) is 4.90 Å². The Morgan fingerprint density at radius 3 is 2.50 bits per heavy atom. The number of para-hydroxylation sites is 1. The number of carboxylic acids is 1. The molecule has 1 atom stereocenters. The maximum Gasteiger partial charge on any atom is 0.305 e. The highest BCUT2D eigenvalue weighted by molar-refractivity contribution is 6.02. The van der Waals surface area contributed by atoms with Gasteiger partial charge in [-0.15, -0.1) is 0 Å². The largest absolute Gasteiger partial charge is 0.481 e. The summed E-state index contributed by atoms with van der Waals surface area (Å²) in [6, 6.07) is 15.6. The lowest BCUT2D eigenvalue weighted by atomic mass is 10.1. The van der Waals surface area contributed by atoms with Gasteiger partial charge in [-0.05, 0) is 24.1 Å². The fourth-order valence-corrected chi connectivity index (χ4v) is 3.05. The molecule has 2 aromatic rings. The van der Waals surface area contributed by atoms with Crippen LogP contribution in [0.25, 0.3) is 0 Å².